The van der Waals surface area contributed by atoms with Gasteiger partial charge in [0, 0.05) is 37.6 Å². The van der Waals surface area contributed by atoms with Crippen molar-refractivity contribution in [3.63, 3.8) is 0 Å². The summed E-state index contributed by atoms with van der Waals surface area (Å²) in [5.41, 5.74) is 2.51. The lowest BCUT2D eigenvalue weighted by atomic mass is 10.3. The second-order valence-electron chi connectivity index (χ2n) is 7.60. The quantitative estimate of drug-likeness (QED) is 0.660. The first-order valence-electron chi connectivity index (χ1n) is 10.1. The Kier molecular flexibility index (Phi) is 5.90. The van der Waals surface area contributed by atoms with Crippen molar-refractivity contribution in [2.24, 2.45) is 0 Å². The van der Waals surface area contributed by atoms with Gasteiger partial charge in [-0.3, -0.25) is 4.79 Å². The molecule has 9 heteroatoms. The molecule has 0 atom stereocenters. The number of benzene rings is 2. The summed E-state index contributed by atoms with van der Waals surface area (Å²) in [7, 11) is -1.56. The molecular formula is C22H25N5O3S. The van der Waals surface area contributed by atoms with Crippen LogP contribution < -0.4 is 5.32 Å². The fourth-order valence-corrected chi connectivity index (χ4v) is 4.92. The van der Waals surface area contributed by atoms with Gasteiger partial charge < -0.3 is 10.2 Å². The number of carbonyl (C=O) groups excluding carboxylic acids is 1. The molecule has 1 N–H and O–H groups in total. The number of anilines is 1. The smallest absolute Gasteiger partial charge is 0.276 e. The minimum Gasteiger partial charge on any atom is -0.321 e. The predicted octanol–water partition coefficient (Wildman–Crippen LogP) is 2.37. The number of nitrogens with zero attached hydrogens (tertiary/aromatic N) is 4. The first-order valence-corrected chi connectivity index (χ1v) is 11.5. The Morgan fingerprint density at radius 2 is 1.61 bits per heavy atom. The maximum Gasteiger partial charge on any atom is 0.276 e. The van der Waals surface area contributed by atoms with Crippen molar-refractivity contribution in [3.05, 3.63) is 72.1 Å². The molecule has 1 aliphatic rings. The van der Waals surface area contributed by atoms with Gasteiger partial charge in [-0.1, -0.05) is 18.2 Å². The first-order chi connectivity index (χ1) is 14.8. The largest absolute Gasteiger partial charge is 0.321 e. The second kappa shape index (κ2) is 8.62. The molecular weight excluding hydrogens is 414 g/mol. The van der Waals surface area contributed by atoms with Crippen LogP contribution >= 0.6 is 0 Å². The van der Waals surface area contributed by atoms with Crippen LogP contribution in [0.3, 0.4) is 0 Å². The van der Waals surface area contributed by atoms with Gasteiger partial charge in [0.25, 0.3) is 5.91 Å². The van der Waals surface area contributed by atoms with Gasteiger partial charge in [-0.2, -0.15) is 9.40 Å². The molecule has 0 aliphatic carbocycles. The molecule has 4 rings (SSSR count). The van der Waals surface area contributed by atoms with Crippen LogP contribution in [0, 0.1) is 6.92 Å². The highest BCUT2D eigenvalue weighted by Crippen LogP contribution is 2.20. The van der Waals surface area contributed by atoms with Crippen molar-refractivity contribution < 1.29 is 13.2 Å². The van der Waals surface area contributed by atoms with Crippen molar-refractivity contribution in [1.82, 2.24) is 19.0 Å². The van der Waals surface area contributed by atoms with Crippen LogP contribution in [0.2, 0.25) is 0 Å². The molecule has 31 heavy (non-hydrogen) atoms. The molecule has 3 aromatic rings. The summed E-state index contributed by atoms with van der Waals surface area (Å²) in [5, 5.41) is 7.18. The van der Waals surface area contributed by atoms with Gasteiger partial charge in [-0.25, -0.2) is 13.1 Å². The topological polar surface area (TPSA) is 87.5 Å². The molecule has 0 unspecified atom stereocenters. The summed E-state index contributed by atoms with van der Waals surface area (Å²) in [5.74, 6) is -0.354. The number of piperazine rings is 1. The lowest BCUT2D eigenvalue weighted by Crippen LogP contribution is -2.46. The number of carbonyl (C=O) groups is 1. The van der Waals surface area contributed by atoms with E-state index in [0.29, 0.717) is 31.9 Å². The highest BCUT2D eigenvalue weighted by molar-refractivity contribution is 7.89. The van der Waals surface area contributed by atoms with E-state index >= 15 is 0 Å². The summed E-state index contributed by atoms with van der Waals surface area (Å²) in [6.07, 6.45) is 0. The summed E-state index contributed by atoms with van der Waals surface area (Å²) in [4.78, 5) is 15.0. The fourth-order valence-electron chi connectivity index (χ4n) is 3.50. The highest BCUT2D eigenvalue weighted by Gasteiger charge is 2.27. The molecule has 0 bridgehead atoms. The maximum absolute atomic E-state index is 12.8. The van der Waals surface area contributed by atoms with Gasteiger partial charge in [0.15, 0.2) is 5.69 Å². The van der Waals surface area contributed by atoms with Crippen molar-refractivity contribution in [2.45, 2.75) is 11.8 Å². The molecule has 1 aromatic heterocycles. The molecule has 8 nitrogen and oxygen atoms in total. The number of hydrogen-bond donors (Lipinski definition) is 1. The Morgan fingerprint density at radius 1 is 0.968 bits per heavy atom. The number of para-hydroxylation sites is 1. The van der Waals surface area contributed by atoms with Crippen LogP contribution in [0.5, 0.6) is 0 Å². The lowest BCUT2D eigenvalue weighted by molar-refractivity contribution is 0.102. The Hall–Kier alpha value is -3.01. The van der Waals surface area contributed by atoms with Crippen molar-refractivity contribution in [2.75, 3.05) is 38.5 Å². The third kappa shape index (κ3) is 4.53. The third-order valence-electron chi connectivity index (χ3n) is 5.33. The number of aromatic nitrogens is 2. The van der Waals surface area contributed by atoms with Gasteiger partial charge >= 0.3 is 0 Å². The Morgan fingerprint density at radius 3 is 2.26 bits per heavy atom. The maximum atomic E-state index is 12.8. The molecule has 2 heterocycles. The van der Waals surface area contributed by atoms with Crippen molar-refractivity contribution in [3.8, 4) is 5.69 Å². The monoisotopic (exact) mass is 439 g/mol. The van der Waals surface area contributed by atoms with Crippen molar-refractivity contribution >= 4 is 21.6 Å². The van der Waals surface area contributed by atoms with E-state index in [0.717, 1.165) is 11.4 Å². The molecule has 0 saturated carbocycles. The highest BCUT2D eigenvalue weighted by atomic mass is 32.2. The van der Waals surface area contributed by atoms with E-state index in [4.69, 9.17) is 0 Å². The number of nitrogens with one attached hydrogen (secondary N) is 1. The van der Waals surface area contributed by atoms with Crippen LogP contribution in [-0.2, 0) is 10.0 Å². The van der Waals surface area contributed by atoms with Gasteiger partial charge in [0.1, 0.15) is 0 Å². The molecule has 1 aliphatic heterocycles. The van der Waals surface area contributed by atoms with E-state index < -0.39 is 10.0 Å². The van der Waals surface area contributed by atoms with Crippen LogP contribution in [-0.4, -0.2) is 66.5 Å². The average Bonchev–Trinajstić information content (AvgIpc) is 3.17. The van der Waals surface area contributed by atoms with E-state index in [1.54, 1.807) is 22.9 Å². The van der Waals surface area contributed by atoms with E-state index in [1.807, 2.05) is 44.3 Å². The first kappa shape index (κ1) is 21.2. The van der Waals surface area contributed by atoms with Gasteiger partial charge in [-0.15, -0.1) is 0 Å². The van der Waals surface area contributed by atoms with E-state index in [9.17, 15) is 13.2 Å². The Bertz CT molecular complexity index is 1170. The summed E-state index contributed by atoms with van der Waals surface area (Å²) >= 11 is 0. The van der Waals surface area contributed by atoms with E-state index in [2.05, 4.69) is 15.3 Å². The molecule has 1 fully saturated rings. The number of rotatable bonds is 5. The minimum atomic E-state index is -3.54. The third-order valence-corrected chi connectivity index (χ3v) is 7.25. The SMILES string of the molecule is Cc1cc(C(=O)Nc2ccc(S(=O)(=O)N3CCN(C)CC3)cc2)nn1-c1ccccc1. The average molecular weight is 440 g/mol. The Balaban J connectivity index is 1.46. The van der Waals surface area contributed by atoms with E-state index in [1.165, 1.54) is 16.4 Å². The zero-order valence-electron chi connectivity index (χ0n) is 17.5. The molecule has 162 valence electrons. The number of amides is 1. The normalized spacial score (nSPS) is 15.7. The van der Waals surface area contributed by atoms with E-state index in [-0.39, 0.29) is 16.5 Å². The fraction of sp³-hybridized carbons (Fsp3) is 0.273. The van der Waals surface area contributed by atoms with Crippen LogP contribution in [0.1, 0.15) is 16.2 Å². The summed E-state index contributed by atoms with van der Waals surface area (Å²) in [6, 6.07) is 17.5. The lowest BCUT2D eigenvalue weighted by Gasteiger charge is -2.31. The zero-order chi connectivity index (χ0) is 22.0. The van der Waals surface area contributed by atoms with Gasteiger partial charge in [0.2, 0.25) is 10.0 Å². The second-order valence-corrected chi connectivity index (χ2v) is 9.54. The van der Waals surface area contributed by atoms with Crippen LogP contribution in [0.25, 0.3) is 5.69 Å². The zero-order valence-corrected chi connectivity index (χ0v) is 18.3. The van der Waals surface area contributed by atoms with Gasteiger partial charge in [-0.05, 0) is 56.4 Å². The van der Waals surface area contributed by atoms with Crippen molar-refractivity contribution in [1.29, 1.82) is 0 Å². The minimum absolute atomic E-state index is 0.222. The van der Waals surface area contributed by atoms with Crippen LogP contribution in [0.4, 0.5) is 5.69 Å². The molecule has 2 aromatic carbocycles. The van der Waals surface area contributed by atoms with Crippen LogP contribution in [0.15, 0.2) is 65.6 Å². The number of aryl methyl sites for hydroxylation is 1. The summed E-state index contributed by atoms with van der Waals surface area (Å²) < 4.78 is 28.9. The molecule has 1 saturated heterocycles. The predicted molar refractivity (Wildman–Crippen MR) is 119 cm³/mol. The molecule has 1 amide bonds. The molecule has 0 radical (unpaired) electrons. The Labute approximate surface area is 182 Å². The molecule has 0 spiro atoms. The number of sulfonamides is 1. The standard InChI is InChI=1S/C22H25N5O3S/c1-17-16-21(24-27(17)19-6-4-3-5-7-19)22(28)23-18-8-10-20(11-9-18)31(29,30)26-14-12-25(2)13-15-26/h3-11,16H,12-15H2,1-2H3,(H,23,28). The number of hydrogen-bond acceptors (Lipinski definition) is 5. The number of likely N-dealkylation sites (N-methyl/N-ethyl adjacent to an activating group) is 1. The van der Waals surface area contributed by atoms with Gasteiger partial charge in [0.05, 0.1) is 10.6 Å². The summed E-state index contributed by atoms with van der Waals surface area (Å²) in [6.45, 7) is 4.25.